The predicted octanol–water partition coefficient (Wildman–Crippen LogP) is 4.61. The van der Waals surface area contributed by atoms with E-state index in [2.05, 4.69) is 39.5 Å². The van der Waals surface area contributed by atoms with Gasteiger partial charge in [0, 0.05) is 24.0 Å². The number of hydrogen-bond acceptors (Lipinski definition) is 2. The topological polar surface area (TPSA) is 20.3 Å². The van der Waals surface area contributed by atoms with Gasteiger partial charge in [0.25, 0.3) is 0 Å². The third-order valence-corrected chi connectivity index (χ3v) is 4.14. The Balaban J connectivity index is -0.000000596. The van der Waals surface area contributed by atoms with Crippen LogP contribution in [0.1, 0.15) is 59.8 Å². The molecule has 0 bridgehead atoms. The molecule has 127 valence electrons. The summed E-state index contributed by atoms with van der Waals surface area (Å²) in [4.78, 5) is 14.0. The summed E-state index contributed by atoms with van der Waals surface area (Å²) >= 11 is 0. The molecule has 1 rings (SSSR count). The molecule has 2 nitrogen and oxygen atoms in total. The quantitative estimate of drug-likeness (QED) is 0.685. The Hall–Kier alpha value is 0.214. The third-order valence-electron chi connectivity index (χ3n) is 4.14. The summed E-state index contributed by atoms with van der Waals surface area (Å²) < 4.78 is 0. The molecule has 0 spiro atoms. The first kappa shape index (κ1) is 26.1. The molecule has 1 aliphatic heterocycles. The molecule has 0 aromatic rings. The number of ketones is 1. The fourth-order valence-electron chi connectivity index (χ4n) is 2.27. The van der Waals surface area contributed by atoms with Gasteiger partial charge in [0.05, 0.1) is 0 Å². The molecule has 0 aromatic heterocycles. The Bertz CT molecular complexity index is 244. The van der Waals surface area contributed by atoms with Gasteiger partial charge >= 0.3 is 0 Å². The summed E-state index contributed by atoms with van der Waals surface area (Å²) in [6.07, 6.45) is 5.18. The van der Waals surface area contributed by atoms with E-state index in [1.165, 1.54) is 6.42 Å². The second-order valence-corrected chi connectivity index (χ2v) is 6.07. The average molecular weight is 333 g/mol. The first-order valence-corrected chi connectivity index (χ1v) is 7.75. The molecule has 1 saturated heterocycles. The van der Waals surface area contributed by atoms with Gasteiger partial charge in [-0.15, -0.1) is 0 Å². The van der Waals surface area contributed by atoms with Crippen LogP contribution in [0.4, 0.5) is 0 Å². The van der Waals surface area contributed by atoms with Gasteiger partial charge in [0.2, 0.25) is 0 Å². The molecule has 0 amide bonds. The first-order valence-electron chi connectivity index (χ1n) is 7.75. The number of carbonyl (C=O) groups excluding carboxylic acids is 1. The molecular formula is C18H36NOV-3. The molecule has 1 radical (unpaired) electrons. The molecule has 0 saturated carbocycles. The van der Waals surface area contributed by atoms with Crippen LogP contribution in [-0.2, 0) is 23.4 Å². The summed E-state index contributed by atoms with van der Waals surface area (Å²) in [7, 11) is 0. The maximum absolute atomic E-state index is 11.5. The molecule has 21 heavy (non-hydrogen) atoms. The van der Waals surface area contributed by atoms with E-state index < -0.39 is 0 Å². The van der Waals surface area contributed by atoms with Crippen molar-refractivity contribution in [2.45, 2.75) is 59.8 Å². The van der Waals surface area contributed by atoms with Crippen LogP contribution in [0.2, 0.25) is 0 Å². The van der Waals surface area contributed by atoms with Crippen LogP contribution in [0.25, 0.3) is 0 Å². The van der Waals surface area contributed by atoms with Gasteiger partial charge in [0.15, 0.2) is 0 Å². The van der Waals surface area contributed by atoms with E-state index in [9.17, 15) is 4.79 Å². The number of Topliss-reactive ketones (excluding diaryl/α,β-unsaturated/α-hetero) is 1. The minimum absolute atomic E-state index is 0. The number of piperidine rings is 1. The van der Waals surface area contributed by atoms with Crippen LogP contribution in [0, 0.1) is 32.6 Å². The van der Waals surface area contributed by atoms with E-state index in [-0.39, 0.29) is 31.4 Å². The van der Waals surface area contributed by atoms with Crippen LogP contribution < -0.4 is 0 Å². The zero-order valence-electron chi connectivity index (χ0n) is 15.0. The van der Waals surface area contributed by atoms with Gasteiger partial charge in [0.1, 0.15) is 5.78 Å². The van der Waals surface area contributed by atoms with Gasteiger partial charge in [-0.2, -0.15) is 12.8 Å². The van der Waals surface area contributed by atoms with E-state index in [0.717, 1.165) is 45.3 Å². The van der Waals surface area contributed by atoms with Crippen LogP contribution in [0.5, 0.6) is 0 Å². The van der Waals surface area contributed by atoms with E-state index in [1.807, 2.05) is 0 Å². The smallest absolute Gasteiger partial charge is 0.135 e. The zero-order valence-corrected chi connectivity index (χ0v) is 16.3. The third kappa shape index (κ3) is 9.76. The molecule has 0 atom stereocenters. The number of carbonyl (C=O) groups is 1. The summed E-state index contributed by atoms with van der Waals surface area (Å²) in [5, 5.41) is 0. The van der Waals surface area contributed by atoms with Crippen LogP contribution in [0.15, 0.2) is 0 Å². The maximum Gasteiger partial charge on any atom is 0.135 e. The van der Waals surface area contributed by atoms with Crippen molar-refractivity contribution in [1.29, 1.82) is 0 Å². The van der Waals surface area contributed by atoms with Crippen molar-refractivity contribution in [3.8, 4) is 0 Å². The molecule has 1 fully saturated rings. The summed E-state index contributed by atoms with van der Waals surface area (Å²) in [6, 6.07) is 0. The van der Waals surface area contributed by atoms with Gasteiger partial charge < -0.3 is 26.2 Å². The Labute approximate surface area is 146 Å². The van der Waals surface area contributed by atoms with E-state index in [0.29, 0.717) is 11.7 Å². The summed E-state index contributed by atoms with van der Waals surface area (Å²) in [6.45, 7) is 19.2. The van der Waals surface area contributed by atoms with Crippen LogP contribution >= 0.6 is 0 Å². The Morgan fingerprint density at radius 2 is 1.57 bits per heavy atom. The average Bonchev–Trinajstić information content (AvgIpc) is 2.39. The normalized spacial score (nSPS) is 17.1. The van der Waals surface area contributed by atoms with Crippen molar-refractivity contribution in [1.82, 2.24) is 4.90 Å². The van der Waals surface area contributed by atoms with Crippen molar-refractivity contribution >= 4 is 5.78 Å². The molecule has 0 aromatic carbocycles. The van der Waals surface area contributed by atoms with Gasteiger partial charge in [-0.05, 0) is 39.4 Å². The van der Waals surface area contributed by atoms with Crippen molar-refractivity contribution in [2.75, 3.05) is 19.6 Å². The molecule has 0 aliphatic carbocycles. The number of nitrogens with zero attached hydrogens (tertiary/aromatic N) is 1. The van der Waals surface area contributed by atoms with Gasteiger partial charge in [-0.25, -0.2) is 0 Å². The SMILES string of the molecule is CCC.[CH2-]CC(C[CH2-])CN1CCC(C)(C(C)=O)CC1.[CH3-].[V]. The van der Waals surface area contributed by atoms with E-state index >= 15 is 0 Å². The molecular weight excluding hydrogens is 297 g/mol. The standard InChI is InChI=1S/C14H25NO.C3H8.CH3.V/c1-5-13(6-2)11-15-9-7-14(4,8-10-15)12(3)16;1-3-2;;/h13H,1-2,5-11H2,3-4H3;3H2,1-2H3;1H3;/q-2;;-1;. The molecule has 3 heteroatoms. The summed E-state index contributed by atoms with van der Waals surface area (Å²) in [5.41, 5.74) is -0.0685. The van der Waals surface area contributed by atoms with E-state index in [1.54, 1.807) is 6.92 Å². The number of likely N-dealkylation sites (tertiary alicyclic amines) is 1. The Kier molecular flexibility index (Phi) is 17.2. The van der Waals surface area contributed by atoms with Crippen molar-refractivity contribution in [3.05, 3.63) is 21.3 Å². The first-order chi connectivity index (χ1) is 8.93. The fourth-order valence-corrected chi connectivity index (χ4v) is 2.27. The number of hydrogen-bond donors (Lipinski definition) is 0. The second kappa shape index (κ2) is 13.8. The molecule has 1 heterocycles. The molecule has 1 aliphatic rings. The minimum atomic E-state index is -0.0685. The van der Waals surface area contributed by atoms with Crippen molar-refractivity contribution in [2.24, 2.45) is 11.3 Å². The van der Waals surface area contributed by atoms with Crippen molar-refractivity contribution < 1.29 is 23.4 Å². The molecule has 0 unspecified atom stereocenters. The Morgan fingerprint density at radius 3 is 1.86 bits per heavy atom. The fraction of sp³-hybridized carbons (Fsp3) is 0.778. The predicted molar refractivity (Wildman–Crippen MR) is 90.3 cm³/mol. The Morgan fingerprint density at radius 1 is 1.19 bits per heavy atom. The monoisotopic (exact) mass is 333 g/mol. The largest absolute Gasteiger partial charge is 0.358 e. The van der Waals surface area contributed by atoms with Crippen LogP contribution in [0.3, 0.4) is 0 Å². The van der Waals surface area contributed by atoms with E-state index in [4.69, 9.17) is 0 Å². The zero-order chi connectivity index (χ0) is 14.9. The second-order valence-electron chi connectivity index (χ2n) is 6.07. The summed E-state index contributed by atoms with van der Waals surface area (Å²) in [5.74, 6) is 0.958. The van der Waals surface area contributed by atoms with Crippen LogP contribution in [-0.4, -0.2) is 30.3 Å². The van der Waals surface area contributed by atoms with Gasteiger partial charge in [-0.3, -0.25) is 4.79 Å². The minimum Gasteiger partial charge on any atom is -0.358 e. The number of rotatable bonds is 5. The van der Waals surface area contributed by atoms with Gasteiger partial charge in [-0.1, -0.05) is 33.1 Å². The molecule has 0 N–H and O–H groups in total. The van der Waals surface area contributed by atoms with Crippen molar-refractivity contribution in [3.63, 3.8) is 0 Å². The maximum atomic E-state index is 11.5.